The zero-order valence-corrected chi connectivity index (χ0v) is 10.5. The lowest BCUT2D eigenvalue weighted by Gasteiger charge is -2.39. The molecule has 0 aromatic heterocycles. The summed E-state index contributed by atoms with van der Waals surface area (Å²) in [4.78, 5) is 21.8. The fourth-order valence-electron chi connectivity index (χ4n) is 1.30. The van der Waals surface area contributed by atoms with Crippen molar-refractivity contribution in [2.75, 3.05) is 6.54 Å². The molecule has 0 radical (unpaired) electrons. The van der Waals surface area contributed by atoms with Crippen LogP contribution in [0.4, 0.5) is 4.79 Å². The Morgan fingerprint density at radius 2 is 2.12 bits per heavy atom. The molecule has 0 aliphatic carbocycles. The van der Waals surface area contributed by atoms with Crippen molar-refractivity contribution >= 4 is 12.5 Å². The van der Waals surface area contributed by atoms with E-state index in [1.807, 2.05) is 20.8 Å². The molecule has 0 aromatic carbocycles. The number of nitrogens with two attached hydrogens (primary N) is 1. The Hall–Kier alpha value is -1.26. The normalized spacial score (nSPS) is 19.0. The zero-order valence-electron chi connectivity index (χ0n) is 10.5. The molecular formula is C11H22N2O3. The summed E-state index contributed by atoms with van der Waals surface area (Å²) in [5, 5.41) is 0. The summed E-state index contributed by atoms with van der Waals surface area (Å²) in [7, 11) is 0. The molecule has 0 spiro atoms. The first-order chi connectivity index (χ1) is 7.31. The number of rotatable bonds is 2. The van der Waals surface area contributed by atoms with Gasteiger partial charge in [0.1, 0.15) is 5.60 Å². The number of ether oxygens (including phenoxy) is 1. The molecular weight excluding hydrogens is 208 g/mol. The Kier molecular flexibility index (Phi) is 5.85. The van der Waals surface area contributed by atoms with Crippen molar-refractivity contribution in [3.05, 3.63) is 0 Å². The molecule has 1 heterocycles. The van der Waals surface area contributed by atoms with Gasteiger partial charge in [-0.1, -0.05) is 6.92 Å². The first-order valence-corrected chi connectivity index (χ1v) is 5.49. The number of amides is 2. The summed E-state index contributed by atoms with van der Waals surface area (Å²) < 4.78 is 4.55. The quantitative estimate of drug-likeness (QED) is 0.731. The Labute approximate surface area is 96.9 Å². The lowest BCUT2D eigenvalue weighted by atomic mass is 10.0. The van der Waals surface area contributed by atoms with Gasteiger partial charge in [-0.25, -0.2) is 4.79 Å². The van der Waals surface area contributed by atoms with Crippen molar-refractivity contribution < 1.29 is 14.3 Å². The molecule has 1 saturated heterocycles. The highest BCUT2D eigenvalue weighted by atomic mass is 16.5. The summed E-state index contributed by atoms with van der Waals surface area (Å²) in [5.41, 5.74) is 4.73. The highest BCUT2D eigenvalue weighted by molar-refractivity contribution is 5.73. The monoisotopic (exact) mass is 230 g/mol. The number of hydrogen-bond donors (Lipinski definition) is 1. The molecule has 5 nitrogen and oxygen atoms in total. The first-order valence-electron chi connectivity index (χ1n) is 5.49. The smallest absolute Gasteiger partial charge is 0.315 e. The van der Waals surface area contributed by atoms with Crippen LogP contribution >= 0.6 is 0 Å². The molecule has 0 saturated carbocycles. The lowest BCUT2D eigenvalue weighted by molar-refractivity contribution is -0.138. The van der Waals surface area contributed by atoms with Gasteiger partial charge in [0, 0.05) is 12.6 Å². The van der Waals surface area contributed by atoms with E-state index in [2.05, 4.69) is 11.7 Å². The maximum absolute atomic E-state index is 10.5. The topological polar surface area (TPSA) is 72.6 Å². The minimum atomic E-state index is -0.318. The molecule has 2 amide bonds. The molecule has 16 heavy (non-hydrogen) atoms. The van der Waals surface area contributed by atoms with Crippen LogP contribution in [0.15, 0.2) is 0 Å². The lowest BCUT2D eigenvalue weighted by Crippen LogP contribution is -2.52. The number of primary amides is 1. The Morgan fingerprint density at radius 3 is 2.19 bits per heavy atom. The first kappa shape index (κ1) is 14.7. The van der Waals surface area contributed by atoms with Gasteiger partial charge < -0.3 is 15.4 Å². The van der Waals surface area contributed by atoms with Gasteiger partial charge in [0.2, 0.25) is 0 Å². The van der Waals surface area contributed by atoms with Crippen molar-refractivity contribution in [2.24, 2.45) is 5.73 Å². The maximum Gasteiger partial charge on any atom is 0.315 e. The highest BCUT2D eigenvalue weighted by Crippen LogP contribution is 2.18. The van der Waals surface area contributed by atoms with Crippen LogP contribution in [0.2, 0.25) is 0 Å². The number of urea groups is 1. The second-order valence-corrected chi connectivity index (χ2v) is 4.71. The van der Waals surface area contributed by atoms with E-state index in [1.54, 1.807) is 4.90 Å². The third-order valence-electron chi connectivity index (χ3n) is 2.30. The van der Waals surface area contributed by atoms with Crippen LogP contribution in [0.1, 0.15) is 40.5 Å². The fraction of sp³-hybridized carbons (Fsp3) is 0.818. The van der Waals surface area contributed by atoms with Gasteiger partial charge in [-0.3, -0.25) is 4.79 Å². The summed E-state index contributed by atoms with van der Waals surface area (Å²) in [6.45, 7) is 8.85. The van der Waals surface area contributed by atoms with Gasteiger partial charge in [0.25, 0.3) is 6.47 Å². The molecule has 1 aliphatic rings. The van der Waals surface area contributed by atoms with E-state index in [1.165, 1.54) is 0 Å². The van der Waals surface area contributed by atoms with Crippen LogP contribution in [0.25, 0.3) is 0 Å². The average Bonchev–Trinajstić information content (AvgIpc) is 1.99. The third-order valence-corrected chi connectivity index (χ3v) is 2.30. The Balaban J connectivity index is 0.000000293. The molecule has 2 N–H and O–H groups in total. The van der Waals surface area contributed by atoms with E-state index in [9.17, 15) is 9.59 Å². The second-order valence-electron chi connectivity index (χ2n) is 4.71. The Bertz CT molecular complexity index is 234. The number of carbonyl (C=O) groups excluding carboxylic acids is 2. The predicted molar refractivity (Wildman–Crippen MR) is 61.9 cm³/mol. The van der Waals surface area contributed by atoms with Crippen molar-refractivity contribution in [2.45, 2.75) is 52.2 Å². The van der Waals surface area contributed by atoms with Gasteiger partial charge in [-0.2, -0.15) is 0 Å². The summed E-state index contributed by atoms with van der Waals surface area (Å²) in [5.74, 6) is 0. The third kappa shape index (κ3) is 5.58. The average molecular weight is 230 g/mol. The molecule has 5 heteroatoms. The predicted octanol–water partition coefficient (Wildman–Crippen LogP) is 1.51. The fourth-order valence-corrected chi connectivity index (χ4v) is 1.30. The van der Waals surface area contributed by atoms with Crippen LogP contribution in [-0.4, -0.2) is 35.6 Å². The second kappa shape index (κ2) is 6.35. The minimum Gasteiger partial charge on any atom is -0.462 e. The summed E-state index contributed by atoms with van der Waals surface area (Å²) in [6, 6.07) is 0.163. The van der Waals surface area contributed by atoms with E-state index in [0.717, 1.165) is 19.4 Å². The molecule has 0 aromatic rings. The standard InChI is InChI=1S/C6H12N2O.C5H10O2/c1-2-5-3-4-8(5)6(7)9;1-5(2,3)7-4-6/h5H,2-4H2,1H3,(H2,7,9);4H,1-3H3. The van der Waals surface area contributed by atoms with Crippen LogP contribution in [0, 0.1) is 0 Å². The Morgan fingerprint density at radius 1 is 1.56 bits per heavy atom. The van der Waals surface area contributed by atoms with Crippen molar-refractivity contribution in [1.29, 1.82) is 0 Å². The van der Waals surface area contributed by atoms with E-state index >= 15 is 0 Å². The highest BCUT2D eigenvalue weighted by Gasteiger charge is 2.28. The van der Waals surface area contributed by atoms with Crippen molar-refractivity contribution in [3.8, 4) is 0 Å². The number of carbonyl (C=O) groups is 2. The van der Waals surface area contributed by atoms with Gasteiger partial charge in [-0.15, -0.1) is 0 Å². The van der Waals surface area contributed by atoms with Crippen molar-refractivity contribution in [3.63, 3.8) is 0 Å². The molecule has 1 aliphatic heterocycles. The molecule has 1 atom stereocenters. The van der Waals surface area contributed by atoms with Crippen molar-refractivity contribution in [1.82, 2.24) is 4.90 Å². The number of nitrogens with zero attached hydrogens (tertiary/aromatic N) is 1. The summed E-state index contributed by atoms with van der Waals surface area (Å²) >= 11 is 0. The summed E-state index contributed by atoms with van der Waals surface area (Å²) in [6.07, 6.45) is 2.16. The zero-order chi connectivity index (χ0) is 12.8. The van der Waals surface area contributed by atoms with Crippen LogP contribution in [-0.2, 0) is 9.53 Å². The SMILES string of the molecule is CC(C)(C)OC=O.CCC1CCN1C(N)=O. The largest absolute Gasteiger partial charge is 0.462 e. The number of hydrogen-bond acceptors (Lipinski definition) is 3. The van der Waals surface area contributed by atoms with Gasteiger partial charge in [0.15, 0.2) is 0 Å². The van der Waals surface area contributed by atoms with Gasteiger partial charge >= 0.3 is 6.03 Å². The molecule has 1 unspecified atom stereocenters. The molecule has 1 fully saturated rings. The van der Waals surface area contributed by atoms with E-state index in [-0.39, 0.29) is 11.6 Å². The van der Waals surface area contributed by atoms with Gasteiger partial charge in [-0.05, 0) is 33.6 Å². The van der Waals surface area contributed by atoms with E-state index in [4.69, 9.17) is 5.73 Å². The molecule has 94 valence electrons. The van der Waals surface area contributed by atoms with Crippen LogP contribution < -0.4 is 5.73 Å². The van der Waals surface area contributed by atoms with Crippen LogP contribution in [0.5, 0.6) is 0 Å². The van der Waals surface area contributed by atoms with E-state index in [0.29, 0.717) is 12.5 Å². The maximum atomic E-state index is 10.5. The molecule has 1 rings (SSSR count). The van der Waals surface area contributed by atoms with Gasteiger partial charge in [0.05, 0.1) is 0 Å². The van der Waals surface area contributed by atoms with Crippen LogP contribution in [0.3, 0.4) is 0 Å². The molecule has 0 bridgehead atoms. The number of likely N-dealkylation sites (tertiary alicyclic amines) is 1. The van der Waals surface area contributed by atoms with E-state index < -0.39 is 0 Å². The minimum absolute atomic E-state index is 0.270.